The molecule has 120 valence electrons. The molecule has 0 aliphatic carbocycles. The molecule has 7 heteroatoms. The topological polar surface area (TPSA) is 73.5 Å². The summed E-state index contributed by atoms with van der Waals surface area (Å²) in [6.07, 6.45) is 4.93. The number of hydrogen-bond donors (Lipinski definition) is 1. The Morgan fingerprint density at radius 2 is 2.17 bits per heavy atom. The van der Waals surface area contributed by atoms with Crippen molar-refractivity contribution in [2.45, 2.75) is 39.9 Å². The van der Waals surface area contributed by atoms with E-state index < -0.39 is 0 Å². The second kappa shape index (κ2) is 6.70. The molecule has 0 amide bonds. The van der Waals surface area contributed by atoms with Gasteiger partial charge < -0.3 is 5.32 Å². The van der Waals surface area contributed by atoms with Crippen molar-refractivity contribution in [3.05, 3.63) is 54.0 Å². The number of hydrogen-bond acceptors (Lipinski definition) is 5. The predicted molar refractivity (Wildman–Crippen MR) is 87.2 cm³/mol. The van der Waals surface area contributed by atoms with Crippen molar-refractivity contribution in [2.24, 2.45) is 0 Å². The molecule has 3 rings (SSSR count). The van der Waals surface area contributed by atoms with Crippen LogP contribution < -0.4 is 5.32 Å². The summed E-state index contributed by atoms with van der Waals surface area (Å²) in [5.41, 5.74) is 3.31. The highest BCUT2D eigenvalue weighted by molar-refractivity contribution is 5.31. The molecule has 3 aromatic heterocycles. The van der Waals surface area contributed by atoms with Crippen LogP contribution in [0, 0.1) is 13.8 Å². The van der Waals surface area contributed by atoms with E-state index in [1.807, 2.05) is 23.7 Å². The molecule has 0 aliphatic heterocycles. The molecule has 23 heavy (non-hydrogen) atoms. The first-order valence-corrected chi connectivity index (χ1v) is 7.67. The van der Waals surface area contributed by atoms with E-state index in [4.69, 9.17) is 0 Å². The molecule has 0 spiro atoms. The van der Waals surface area contributed by atoms with Crippen LogP contribution in [0.15, 0.2) is 37.1 Å². The molecule has 0 aliphatic rings. The Bertz CT molecular complexity index is 761. The molecule has 0 fully saturated rings. The summed E-state index contributed by atoms with van der Waals surface area (Å²) in [6, 6.07) is 6.36. The highest BCUT2D eigenvalue weighted by Crippen LogP contribution is 2.10. The molecule has 0 saturated carbocycles. The average molecular weight is 311 g/mol. The molecule has 0 unspecified atom stereocenters. The van der Waals surface area contributed by atoms with Gasteiger partial charge in [0.05, 0.1) is 12.2 Å². The third-order valence-electron chi connectivity index (χ3n) is 3.69. The molecular formula is C16H21N7. The number of rotatable bonds is 6. The number of aryl methyl sites for hydroxylation is 2. The lowest BCUT2D eigenvalue weighted by Crippen LogP contribution is -2.31. The van der Waals surface area contributed by atoms with Gasteiger partial charge in [0, 0.05) is 30.0 Å². The van der Waals surface area contributed by atoms with Crippen LogP contribution in [0.1, 0.15) is 23.9 Å². The van der Waals surface area contributed by atoms with Gasteiger partial charge in [0.2, 0.25) is 0 Å². The predicted octanol–water partition coefficient (Wildman–Crippen LogP) is 1.65. The van der Waals surface area contributed by atoms with Gasteiger partial charge in [-0.15, -0.1) is 0 Å². The Morgan fingerprint density at radius 3 is 2.87 bits per heavy atom. The highest BCUT2D eigenvalue weighted by atomic mass is 15.3. The molecule has 3 aromatic rings. The Labute approximate surface area is 135 Å². The van der Waals surface area contributed by atoms with Crippen LogP contribution in [0.3, 0.4) is 0 Å². The van der Waals surface area contributed by atoms with E-state index in [1.54, 1.807) is 17.2 Å². The zero-order valence-electron chi connectivity index (χ0n) is 13.6. The van der Waals surface area contributed by atoms with E-state index in [9.17, 15) is 0 Å². The van der Waals surface area contributed by atoms with E-state index >= 15 is 0 Å². The third kappa shape index (κ3) is 3.62. The first kappa shape index (κ1) is 15.4. The second-order valence-electron chi connectivity index (χ2n) is 5.72. The van der Waals surface area contributed by atoms with E-state index in [1.165, 1.54) is 12.0 Å². The van der Waals surface area contributed by atoms with Gasteiger partial charge in [0.15, 0.2) is 5.82 Å². The van der Waals surface area contributed by atoms with E-state index in [-0.39, 0.29) is 6.04 Å². The minimum Gasteiger partial charge on any atom is -0.308 e. The first-order chi connectivity index (χ1) is 11.1. The van der Waals surface area contributed by atoms with Gasteiger partial charge in [-0.3, -0.25) is 4.68 Å². The SMILES string of the molecule is Cc1cc(C)n(C[C@@H](C)NCc2cccnc2-n2cncn2)n1. The van der Waals surface area contributed by atoms with E-state index in [2.05, 4.69) is 45.4 Å². The summed E-state index contributed by atoms with van der Waals surface area (Å²) in [5.74, 6) is 0.802. The maximum Gasteiger partial charge on any atom is 0.159 e. The Balaban J connectivity index is 1.65. The summed E-state index contributed by atoms with van der Waals surface area (Å²) < 4.78 is 3.72. The zero-order valence-corrected chi connectivity index (χ0v) is 13.6. The Kier molecular flexibility index (Phi) is 4.47. The summed E-state index contributed by atoms with van der Waals surface area (Å²) >= 11 is 0. The summed E-state index contributed by atoms with van der Waals surface area (Å²) in [4.78, 5) is 8.39. The second-order valence-corrected chi connectivity index (χ2v) is 5.72. The molecule has 0 bridgehead atoms. The fourth-order valence-corrected chi connectivity index (χ4v) is 2.56. The van der Waals surface area contributed by atoms with Gasteiger partial charge in [0.25, 0.3) is 0 Å². The molecule has 3 heterocycles. The summed E-state index contributed by atoms with van der Waals surface area (Å²) in [5, 5.41) is 12.2. The van der Waals surface area contributed by atoms with Crippen LogP contribution >= 0.6 is 0 Å². The first-order valence-electron chi connectivity index (χ1n) is 7.67. The van der Waals surface area contributed by atoms with Gasteiger partial charge >= 0.3 is 0 Å². The molecule has 7 nitrogen and oxygen atoms in total. The van der Waals surface area contributed by atoms with Crippen LogP contribution in [-0.4, -0.2) is 35.6 Å². The molecule has 0 aromatic carbocycles. The summed E-state index contributed by atoms with van der Waals surface area (Å²) in [7, 11) is 0. The minimum atomic E-state index is 0.289. The van der Waals surface area contributed by atoms with Gasteiger partial charge in [0.1, 0.15) is 12.7 Å². The maximum absolute atomic E-state index is 4.51. The molecule has 1 atom stereocenters. The van der Waals surface area contributed by atoms with E-state index in [0.29, 0.717) is 6.54 Å². The highest BCUT2D eigenvalue weighted by Gasteiger charge is 2.10. The molecular weight excluding hydrogens is 290 g/mol. The van der Waals surface area contributed by atoms with Gasteiger partial charge in [-0.25, -0.2) is 14.6 Å². The zero-order chi connectivity index (χ0) is 16.2. The van der Waals surface area contributed by atoms with Crippen LogP contribution in [-0.2, 0) is 13.1 Å². The fraction of sp³-hybridized carbons (Fsp3) is 0.375. The maximum atomic E-state index is 4.51. The van der Waals surface area contributed by atoms with Crippen molar-refractivity contribution in [2.75, 3.05) is 0 Å². The van der Waals surface area contributed by atoms with Crippen molar-refractivity contribution in [3.8, 4) is 5.82 Å². The number of nitrogens with zero attached hydrogens (tertiary/aromatic N) is 6. The van der Waals surface area contributed by atoms with Crippen molar-refractivity contribution < 1.29 is 0 Å². The minimum absolute atomic E-state index is 0.289. The van der Waals surface area contributed by atoms with Gasteiger partial charge in [-0.1, -0.05) is 6.07 Å². The Morgan fingerprint density at radius 1 is 1.30 bits per heavy atom. The number of aromatic nitrogens is 6. The third-order valence-corrected chi connectivity index (χ3v) is 3.69. The number of pyridine rings is 1. The average Bonchev–Trinajstić information content (AvgIpc) is 3.16. The van der Waals surface area contributed by atoms with Crippen molar-refractivity contribution in [3.63, 3.8) is 0 Å². The van der Waals surface area contributed by atoms with Crippen LogP contribution in [0.2, 0.25) is 0 Å². The molecule has 1 N–H and O–H groups in total. The van der Waals surface area contributed by atoms with Crippen LogP contribution in [0.4, 0.5) is 0 Å². The Hall–Kier alpha value is -2.54. The van der Waals surface area contributed by atoms with Crippen molar-refractivity contribution >= 4 is 0 Å². The normalized spacial score (nSPS) is 12.5. The van der Waals surface area contributed by atoms with Crippen molar-refractivity contribution in [1.82, 2.24) is 34.8 Å². The van der Waals surface area contributed by atoms with Crippen LogP contribution in [0.25, 0.3) is 5.82 Å². The smallest absolute Gasteiger partial charge is 0.159 e. The number of nitrogens with one attached hydrogen (secondary N) is 1. The monoisotopic (exact) mass is 311 g/mol. The lowest BCUT2D eigenvalue weighted by molar-refractivity contribution is 0.443. The molecule has 0 saturated heterocycles. The summed E-state index contributed by atoms with van der Waals surface area (Å²) in [6.45, 7) is 7.79. The van der Waals surface area contributed by atoms with E-state index in [0.717, 1.165) is 23.6 Å². The van der Waals surface area contributed by atoms with Crippen LogP contribution in [0.5, 0.6) is 0 Å². The lowest BCUT2D eigenvalue weighted by atomic mass is 10.2. The molecule has 0 radical (unpaired) electrons. The standard InChI is InChI=1S/C16H21N7/c1-12-7-14(3)22(21-12)9-13(2)19-8-15-5-4-6-18-16(15)23-11-17-10-20-23/h4-7,10-11,13,19H,8-9H2,1-3H3/t13-/m1/s1. The lowest BCUT2D eigenvalue weighted by Gasteiger charge is -2.16. The van der Waals surface area contributed by atoms with Gasteiger partial charge in [-0.05, 0) is 32.9 Å². The largest absolute Gasteiger partial charge is 0.308 e. The van der Waals surface area contributed by atoms with Crippen molar-refractivity contribution in [1.29, 1.82) is 0 Å². The van der Waals surface area contributed by atoms with Gasteiger partial charge in [-0.2, -0.15) is 10.2 Å². The quantitative estimate of drug-likeness (QED) is 0.749. The fourth-order valence-electron chi connectivity index (χ4n) is 2.56.